The van der Waals surface area contributed by atoms with E-state index in [-0.39, 0.29) is 11.2 Å². The van der Waals surface area contributed by atoms with Gasteiger partial charge in [-0.3, -0.25) is 4.79 Å². The van der Waals surface area contributed by atoms with E-state index in [1.165, 1.54) is 17.3 Å². The number of amides is 1. The molecule has 1 amide bonds. The van der Waals surface area contributed by atoms with Crippen molar-refractivity contribution >= 4 is 45.3 Å². The van der Waals surface area contributed by atoms with E-state index in [2.05, 4.69) is 21.5 Å². The Labute approximate surface area is 143 Å². The third-order valence-corrected chi connectivity index (χ3v) is 5.90. The van der Waals surface area contributed by atoms with E-state index >= 15 is 0 Å². The maximum atomic E-state index is 12.4. The number of thioether (sulfide) groups is 2. The second-order valence-corrected chi connectivity index (χ2v) is 7.54. The minimum atomic E-state index is -0.205. The van der Waals surface area contributed by atoms with Crippen LogP contribution in [0.25, 0.3) is 0 Å². The topological polar surface area (TPSA) is 67.5 Å². The molecule has 2 aromatic rings. The molecule has 7 heteroatoms. The first kappa shape index (κ1) is 16.1. The molecule has 5 nitrogen and oxygen atoms in total. The fourth-order valence-corrected chi connectivity index (χ4v) is 4.36. The van der Waals surface area contributed by atoms with Gasteiger partial charge < -0.3 is 9.84 Å². The monoisotopic (exact) mass is 347 g/mol. The maximum Gasteiger partial charge on any atom is 0.239 e. The molecule has 0 radical (unpaired) electrons. The van der Waals surface area contributed by atoms with Crippen molar-refractivity contribution in [3.8, 4) is 0 Å². The lowest BCUT2D eigenvalue weighted by atomic mass is 10.2. The van der Waals surface area contributed by atoms with E-state index in [1.54, 1.807) is 24.8 Å². The first-order valence-corrected chi connectivity index (χ1v) is 9.22. The number of para-hydroxylation sites is 1. The van der Waals surface area contributed by atoms with Gasteiger partial charge >= 0.3 is 0 Å². The Morgan fingerprint density at radius 3 is 3.04 bits per heavy atom. The molecule has 3 rings (SSSR count). The van der Waals surface area contributed by atoms with Gasteiger partial charge in [0, 0.05) is 11.8 Å². The Kier molecular flexibility index (Phi) is 5.07. The van der Waals surface area contributed by atoms with Crippen LogP contribution in [-0.4, -0.2) is 20.7 Å². The molecule has 0 saturated heterocycles. The number of rotatable bonds is 4. The van der Waals surface area contributed by atoms with E-state index in [0.29, 0.717) is 18.0 Å². The van der Waals surface area contributed by atoms with Gasteiger partial charge in [0.2, 0.25) is 5.91 Å². The molecular formula is C16H17N3O2S2. The molecular weight excluding hydrogens is 330 g/mol. The molecule has 0 saturated carbocycles. The fourth-order valence-electron chi connectivity index (χ4n) is 2.15. The standard InChI is InChI=1S/C16H17N3O2S2/c1-3-13(15(20)18-14-8-10(2)21-19-14)23-16-17-12-7-5-4-6-11(12)9-22-16/h4-8,13H,3,9H2,1-2H3,(H,18,19,20)/t13-/m1/s1. The number of nitrogens with zero attached hydrogens (tertiary/aromatic N) is 2. The zero-order valence-corrected chi connectivity index (χ0v) is 14.5. The molecule has 1 aromatic carbocycles. The number of nitrogens with one attached hydrogen (secondary N) is 1. The summed E-state index contributed by atoms with van der Waals surface area (Å²) < 4.78 is 5.90. The largest absolute Gasteiger partial charge is 0.360 e. The smallest absolute Gasteiger partial charge is 0.239 e. The molecule has 1 atom stereocenters. The van der Waals surface area contributed by atoms with Gasteiger partial charge in [-0.1, -0.05) is 53.8 Å². The molecule has 0 fully saturated rings. The number of carbonyl (C=O) groups excluding carboxylic acids is 1. The summed E-state index contributed by atoms with van der Waals surface area (Å²) in [5.41, 5.74) is 2.23. The SMILES string of the molecule is CC[C@@H](SC1=Nc2ccccc2CS1)C(=O)Nc1cc(C)on1. The summed E-state index contributed by atoms with van der Waals surface area (Å²) in [5, 5.41) is 6.39. The van der Waals surface area contributed by atoms with Crippen molar-refractivity contribution in [2.24, 2.45) is 4.99 Å². The van der Waals surface area contributed by atoms with Crippen molar-refractivity contribution in [2.45, 2.75) is 31.3 Å². The predicted molar refractivity (Wildman–Crippen MR) is 96.4 cm³/mol. The molecule has 1 aromatic heterocycles. The number of aryl methyl sites for hydroxylation is 1. The number of anilines is 1. The van der Waals surface area contributed by atoms with Crippen LogP contribution in [0.5, 0.6) is 0 Å². The third-order valence-electron chi connectivity index (χ3n) is 3.34. The number of benzene rings is 1. The van der Waals surface area contributed by atoms with Crippen LogP contribution < -0.4 is 5.32 Å². The average molecular weight is 347 g/mol. The Morgan fingerprint density at radius 1 is 1.48 bits per heavy atom. The summed E-state index contributed by atoms with van der Waals surface area (Å²) in [7, 11) is 0. The van der Waals surface area contributed by atoms with Crippen molar-refractivity contribution in [3.05, 3.63) is 41.7 Å². The Bertz CT molecular complexity index is 742. The molecule has 1 N–H and O–H groups in total. The molecule has 1 aliphatic heterocycles. The van der Waals surface area contributed by atoms with Gasteiger partial charge in [0.25, 0.3) is 0 Å². The first-order valence-electron chi connectivity index (χ1n) is 7.36. The number of carbonyl (C=O) groups is 1. The van der Waals surface area contributed by atoms with Crippen LogP contribution in [0, 0.1) is 6.92 Å². The number of hydrogen-bond donors (Lipinski definition) is 1. The van der Waals surface area contributed by atoms with Crippen LogP contribution >= 0.6 is 23.5 Å². The zero-order valence-electron chi connectivity index (χ0n) is 12.9. The highest BCUT2D eigenvalue weighted by Crippen LogP contribution is 2.36. The highest BCUT2D eigenvalue weighted by Gasteiger charge is 2.23. The van der Waals surface area contributed by atoms with Crippen molar-refractivity contribution in [2.75, 3.05) is 5.32 Å². The molecule has 120 valence electrons. The van der Waals surface area contributed by atoms with Gasteiger partial charge in [-0.15, -0.1) is 0 Å². The number of fused-ring (bicyclic) bond motifs is 1. The molecule has 0 spiro atoms. The van der Waals surface area contributed by atoms with E-state index in [9.17, 15) is 4.79 Å². The lowest BCUT2D eigenvalue weighted by Gasteiger charge is -2.18. The summed E-state index contributed by atoms with van der Waals surface area (Å²) in [6.45, 7) is 3.78. The number of aliphatic imine (C=N–C) groups is 1. The summed E-state index contributed by atoms with van der Waals surface area (Å²) in [4.78, 5) is 17.0. The lowest BCUT2D eigenvalue weighted by Crippen LogP contribution is -2.25. The van der Waals surface area contributed by atoms with Crippen LogP contribution in [-0.2, 0) is 10.5 Å². The van der Waals surface area contributed by atoms with E-state index in [1.807, 2.05) is 25.1 Å². The van der Waals surface area contributed by atoms with Gasteiger partial charge in [0.15, 0.2) is 5.82 Å². The quantitative estimate of drug-likeness (QED) is 0.889. The minimum Gasteiger partial charge on any atom is -0.360 e. The third kappa shape index (κ3) is 3.97. The van der Waals surface area contributed by atoms with Crippen LogP contribution in [0.4, 0.5) is 11.5 Å². The normalized spacial score (nSPS) is 14.8. The van der Waals surface area contributed by atoms with E-state index < -0.39 is 0 Å². The molecule has 0 aliphatic carbocycles. The van der Waals surface area contributed by atoms with Crippen LogP contribution in [0.3, 0.4) is 0 Å². The second kappa shape index (κ2) is 7.23. The second-order valence-electron chi connectivity index (χ2n) is 5.12. The van der Waals surface area contributed by atoms with Gasteiger partial charge in [-0.05, 0) is 25.0 Å². The molecule has 2 heterocycles. The zero-order chi connectivity index (χ0) is 16.2. The summed E-state index contributed by atoms with van der Waals surface area (Å²) in [6, 6.07) is 9.81. The Hall–Kier alpha value is -1.73. The number of aromatic nitrogens is 1. The van der Waals surface area contributed by atoms with Crippen LogP contribution in [0.15, 0.2) is 39.8 Å². The van der Waals surface area contributed by atoms with Crippen molar-refractivity contribution < 1.29 is 9.32 Å². The van der Waals surface area contributed by atoms with Gasteiger partial charge in [-0.2, -0.15) is 0 Å². The van der Waals surface area contributed by atoms with Crippen molar-refractivity contribution in [1.29, 1.82) is 0 Å². The molecule has 1 aliphatic rings. The van der Waals surface area contributed by atoms with Crippen molar-refractivity contribution in [1.82, 2.24) is 5.16 Å². The molecule has 0 bridgehead atoms. The minimum absolute atomic E-state index is 0.0760. The highest BCUT2D eigenvalue weighted by atomic mass is 32.2. The first-order chi connectivity index (χ1) is 11.2. The van der Waals surface area contributed by atoms with Gasteiger partial charge in [-0.25, -0.2) is 4.99 Å². The number of hydrogen-bond acceptors (Lipinski definition) is 6. The molecule has 23 heavy (non-hydrogen) atoms. The summed E-state index contributed by atoms with van der Waals surface area (Å²) >= 11 is 3.18. The predicted octanol–water partition coefficient (Wildman–Crippen LogP) is 4.37. The van der Waals surface area contributed by atoms with Gasteiger partial charge in [0.05, 0.1) is 10.9 Å². The highest BCUT2D eigenvalue weighted by molar-refractivity contribution is 8.39. The lowest BCUT2D eigenvalue weighted by molar-refractivity contribution is -0.115. The summed E-state index contributed by atoms with van der Waals surface area (Å²) in [5.74, 6) is 1.94. The van der Waals surface area contributed by atoms with Crippen LogP contribution in [0.1, 0.15) is 24.7 Å². The van der Waals surface area contributed by atoms with E-state index in [0.717, 1.165) is 15.8 Å². The van der Waals surface area contributed by atoms with Crippen molar-refractivity contribution in [3.63, 3.8) is 0 Å². The maximum absolute atomic E-state index is 12.4. The van der Waals surface area contributed by atoms with Gasteiger partial charge in [0.1, 0.15) is 10.1 Å². The summed E-state index contributed by atoms with van der Waals surface area (Å²) in [6.07, 6.45) is 0.717. The van der Waals surface area contributed by atoms with Crippen LogP contribution in [0.2, 0.25) is 0 Å². The Balaban J connectivity index is 1.68. The fraction of sp³-hybridized carbons (Fsp3) is 0.312. The average Bonchev–Trinajstić information content (AvgIpc) is 2.97. The molecule has 0 unspecified atom stereocenters. The van der Waals surface area contributed by atoms with E-state index in [4.69, 9.17) is 4.52 Å². The Morgan fingerprint density at radius 2 is 2.30 bits per heavy atom.